The van der Waals surface area contributed by atoms with Crippen LogP contribution in [-0.2, 0) is 6.54 Å². The molecule has 0 amide bonds. The summed E-state index contributed by atoms with van der Waals surface area (Å²) in [5.41, 5.74) is 1.67. The number of hydrogen-bond acceptors (Lipinski definition) is 2. The van der Waals surface area contributed by atoms with Crippen LogP contribution in [0.15, 0.2) is 6.20 Å². The van der Waals surface area contributed by atoms with Crippen molar-refractivity contribution in [2.24, 2.45) is 11.3 Å². The highest BCUT2D eigenvalue weighted by Gasteiger charge is 2.38. The van der Waals surface area contributed by atoms with Gasteiger partial charge in [-0.05, 0) is 50.1 Å². The topological polar surface area (TPSA) is 29.9 Å². The molecule has 1 aliphatic rings. The third-order valence-electron chi connectivity index (χ3n) is 4.81. The zero-order valence-corrected chi connectivity index (χ0v) is 14.7. The average molecular weight is 312 g/mol. The second kappa shape index (κ2) is 7.15. The lowest BCUT2D eigenvalue weighted by Gasteiger charge is -2.41. The normalized spacial score (nSPS) is 25.2. The Balaban J connectivity index is 2.28. The number of halogens is 1. The van der Waals surface area contributed by atoms with Crippen LogP contribution in [0.3, 0.4) is 0 Å². The van der Waals surface area contributed by atoms with Gasteiger partial charge in [-0.2, -0.15) is 5.10 Å². The van der Waals surface area contributed by atoms with Crippen molar-refractivity contribution in [2.75, 3.05) is 13.1 Å². The summed E-state index contributed by atoms with van der Waals surface area (Å²) in [7, 11) is 0. The van der Waals surface area contributed by atoms with Crippen molar-refractivity contribution in [2.45, 2.75) is 65.8 Å². The molecule has 2 unspecified atom stereocenters. The first-order chi connectivity index (χ1) is 9.98. The van der Waals surface area contributed by atoms with Crippen molar-refractivity contribution in [1.82, 2.24) is 15.1 Å². The molecule has 120 valence electrons. The molecule has 1 aromatic heterocycles. The molecule has 4 heteroatoms. The third kappa shape index (κ3) is 4.01. The highest BCUT2D eigenvalue weighted by atomic mass is 35.5. The Morgan fingerprint density at radius 2 is 2.19 bits per heavy atom. The Morgan fingerprint density at radius 1 is 1.43 bits per heavy atom. The zero-order valence-electron chi connectivity index (χ0n) is 14.0. The molecule has 0 aliphatic heterocycles. The van der Waals surface area contributed by atoms with Gasteiger partial charge >= 0.3 is 0 Å². The fraction of sp³-hybridized carbons (Fsp3) is 0.824. The van der Waals surface area contributed by atoms with Crippen LogP contribution in [0.1, 0.15) is 65.0 Å². The molecule has 21 heavy (non-hydrogen) atoms. The van der Waals surface area contributed by atoms with Crippen molar-refractivity contribution in [3.05, 3.63) is 16.9 Å². The van der Waals surface area contributed by atoms with E-state index in [0.717, 1.165) is 31.1 Å². The summed E-state index contributed by atoms with van der Waals surface area (Å²) >= 11 is 6.50. The molecule has 1 aliphatic carbocycles. The lowest BCUT2D eigenvalue weighted by Crippen LogP contribution is -2.36. The predicted molar refractivity (Wildman–Crippen MR) is 89.9 cm³/mol. The standard InChI is InChI=1S/C17H30ClN3/c1-5-9-21-16(15(18)12-20-21)14-10-17(3,4)8-7-13(14)11-19-6-2/h12-14,19H,5-11H2,1-4H3. The van der Waals surface area contributed by atoms with Gasteiger partial charge in [0.1, 0.15) is 0 Å². The summed E-state index contributed by atoms with van der Waals surface area (Å²) in [5, 5.41) is 8.90. The van der Waals surface area contributed by atoms with Gasteiger partial charge in [-0.1, -0.05) is 39.3 Å². The Morgan fingerprint density at radius 3 is 2.86 bits per heavy atom. The maximum Gasteiger partial charge on any atom is 0.0820 e. The van der Waals surface area contributed by atoms with E-state index >= 15 is 0 Å². The smallest absolute Gasteiger partial charge is 0.0820 e. The van der Waals surface area contributed by atoms with E-state index in [2.05, 4.69) is 42.8 Å². The number of nitrogens with zero attached hydrogens (tertiary/aromatic N) is 2. The fourth-order valence-corrected chi connectivity index (χ4v) is 3.95. The largest absolute Gasteiger partial charge is 0.317 e. The zero-order chi connectivity index (χ0) is 15.5. The van der Waals surface area contributed by atoms with Gasteiger partial charge in [-0.15, -0.1) is 0 Å². The van der Waals surface area contributed by atoms with E-state index in [9.17, 15) is 0 Å². The van der Waals surface area contributed by atoms with Gasteiger partial charge in [0.25, 0.3) is 0 Å². The molecule has 0 radical (unpaired) electrons. The van der Waals surface area contributed by atoms with Crippen molar-refractivity contribution in [3.63, 3.8) is 0 Å². The molecule has 3 nitrogen and oxygen atoms in total. The van der Waals surface area contributed by atoms with Gasteiger partial charge < -0.3 is 5.32 Å². The summed E-state index contributed by atoms with van der Waals surface area (Å²) < 4.78 is 2.15. The highest BCUT2D eigenvalue weighted by Crippen LogP contribution is 2.47. The van der Waals surface area contributed by atoms with Crippen LogP contribution in [0.4, 0.5) is 0 Å². The highest BCUT2D eigenvalue weighted by molar-refractivity contribution is 6.31. The average Bonchev–Trinajstić information content (AvgIpc) is 2.78. The summed E-state index contributed by atoms with van der Waals surface area (Å²) in [6.07, 6.45) is 6.72. The predicted octanol–water partition coefficient (Wildman–Crippen LogP) is 4.47. The lowest BCUT2D eigenvalue weighted by molar-refractivity contribution is 0.154. The molecule has 2 atom stereocenters. The molecule has 1 saturated carbocycles. The molecule has 2 rings (SSSR count). The lowest BCUT2D eigenvalue weighted by atomic mass is 9.66. The number of aryl methyl sites for hydroxylation is 1. The van der Waals surface area contributed by atoms with Crippen molar-refractivity contribution in [1.29, 1.82) is 0 Å². The monoisotopic (exact) mass is 311 g/mol. The number of rotatable bonds is 6. The van der Waals surface area contributed by atoms with Gasteiger partial charge in [-0.3, -0.25) is 4.68 Å². The Kier molecular flexibility index (Phi) is 5.73. The first-order valence-electron chi connectivity index (χ1n) is 8.40. The first-order valence-corrected chi connectivity index (χ1v) is 8.78. The molecule has 0 aromatic carbocycles. The van der Waals surface area contributed by atoms with E-state index in [0.29, 0.717) is 17.3 Å². The minimum absolute atomic E-state index is 0.401. The quantitative estimate of drug-likeness (QED) is 0.840. The SMILES string of the molecule is CCCn1ncc(Cl)c1C1CC(C)(C)CCC1CNCC. The molecule has 0 spiro atoms. The van der Waals surface area contributed by atoms with E-state index in [1.165, 1.54) is 25.0 Å². The van der Waals surface area contributed by atoms with E-state index < -0.39 is 0 Å². The van der Waals surface area contributed by atoms with Crippen LogP contribution in [0.2, 0.25) is 5.02 Å². The summed E-state index contributed by atoms with van der Waals surface area (Å²) in [4.78, 5) is 0. The minimum Gasteiger partial charge on any atom is -0.317 e. The van der Waals surface area contributed by atoms with Gasteiger partial charge in [0, 0.05) is 12.5 Å². The molecule has 1 N–H and O–H groups in total. The number of nitrogens with one attached hydrogen (secondary N) is 1. The molecule has 1 heterocycles. The molecular formula is C17H30ClN3. The van der Waals surface area contributed by atoms with Crippen LogP contribution in [0, 0.1) is 11.3 Å². The maximum absolute atomic E-state index is 6.50. The van der Waals surface area contributed by atoms with Crippen LogP contribution < -0.4 is 5.32 Å². The van der Waals surface area contributed by atoms with Gasteiger partial charge in [-0.25, -0.2) is 0 Å². The fourth-order valence-electron chi connectivity index (χ4n) is 3.67. The van der Waals surface area contributed by atoms with Crippen molar-refractivity contribution < 1.29 is 0 Å². The minimum atomic E-state index is 0.401. The Bertz CT molecular complexity index is 453. The molecule has 0 bridgehead atoms. The second-order valence-electron chi connectivity index (χ2n) is 7.18. The third-order valence-corrected chi connectivity index (χ3v) is 5.10. The first kappa shape index (κ1) is 16.8. The van der Waals surface area contributed by atoms with E-state index in [-0.39, 0.29) is 0 Å². The van der Waals surface area contributed by atoms with Gasteiger partial charge in [0.05, 0.1) is 16.9 Å². The molecular weight excluding hydrogens is 282 g/mol. The van der Waals surface area contributed by atoms with Crippen LogP contribution in [0.25, 0.3) is 0 Å². The Labute approximate surface area is 134 Å². The van der Waals surface area contributed by atoms with Crippen molar-refractivity contribution in [3.8, 4) is 0 Å². The van der Waals surface area contributed by atoms with Crippen LogP contribution in [0.5, 0.6) is 0 Å². The second-order valence-corrected chi connectivity index (χ2v) is 7.59. The van der Waals surface area contributed by atoms with Crippen LogP contribution in [-0.4, -0.2) is 22.9 Å². The van der Waals surface area contributed by atoms with E-state index in [4.69, 9.17) is 11.6 Å². The number of hydrogen-bond donors (Lipinski definition) is 1. The summed E-state index contributed by atoms with van der Waals surface area (Å²) in [5.74, 6) is 1.19. The maximum atomic E-state index is 6.50. The van der Waals surface area contributed by atoms with Crippen molar-refractivity contribution >= 4 is 11.6 Å². The molecule has 1 aromatic rings. The van der Waals surface area contributed by atoms with Gasteiger partial charge in [0.15, 0.2) is 0 Å². The summed E-state index contributed by atoms with van der Waals surface area (Å²) in [6.45, 7) is 12.2. The van der Waals surface area contributed by atoms with E-state index in [1.54, 1.807) is 0 Å². The Hall–Kier alpha value is -0.540. The van der Waals surface area contributed by atoms with Crippen LogP contribution >= 0.6 is 11.6 Å². The molecule has 1 fully saturated rings. The number of aromatic nitrogens is 2. The van der Waals surface area contributed by atoms with Gasteiger partial charge in [0.2, 0.25) is 0 Å². The summed E-state index contributed by atoms with van der Waals surface area (Å²) in [6, 6.07) is 0. The van der Waals surface area contributed by atoms with E-state index in [1.807, 2.05) is 6.20 Å². The molecule has 0 saturated heterocycles.